The van der Waals surface area contributed by atoms with E-state index in [2.05, 4.69) is 27.1 Å². The van der Waals surface area contributed by atoms with Gasteiger partial charge in [0.1, 0.15) is 0 Å². The average molecular weight is 276 g/mol. The molecule has 1 aromatic rings. The third-order valence-corrected chi connectivity index (χ3v) is 4.29. The van der Waals surface area contributed by atoms with Gasteiger partial charge < -0.3 is 15.0 Å². The van der Waals surface area contributed by atoms with Gasteiger partial charge in [0, 0.05) is 44.2 Å². The molecular weight excluding hydrogens is 252 g/mol. The highest BCUT2D eigenvalue weighted by atomic mass is 16.5. The smallest absolute Gasteiger partial charge is 0.225 e. The fourth-order valence-corrected chi connectivity index (χ4v) is 3.18. The number of rotatable bonds is 3. The number of ether oxygens (including phenoxy) is 1. The van der Waals surface area contributed by atoms with Crippen LogP contribution in [0.4, 0.5) is 5.95 Å². The minimum atomic E-state index is 0.402. The Bertz CT molecular complexity index is 406. The summed E-state index contributed by atoms with van der Waals surface area (Å²) in [5, 5.41) is 3.81. The van der Waals surface area contributed by atoms with E-state index in [1.165, 1.54) is 12.8 Å². The van der Waals surface area contributed by atoms with Gasteiger partial charge in [-0.2, -0.15) is 0 Å². The van der Waals surface area contributed by atoms with Crippen LogP contribution < -0.4 is 10.2 Å². The zero-order chi connectivity index (χ0) is 13.8. The maximum Gasteiger partial charge on any atom is 0.225 e. The molecule has 2 aliphatic rings. The van der Waals surface area contributed by atoms with Gasteiger partial charge in [0.2, 0.25) is 5.95 Å². The molecule has 2 saturated heterocycles. The lowest BCUT2D eigenvalue weighted by Gasteiger charge is -2.36. The van der Waals surface area contributed by atoms with Crippen molar-refractivity contribution in [3.63, 3.8) is 0 Å². The summed E-state index contributed by atoms with van der Waals surface area (Å²) in [5.74, 6) is 0.866. The minimum absolute atomic E-state index is 0.402. The van der Waals surface area contributed by atoms with Crippen LogP contribution in [0, 0.1) is 0 Å². The maximum absolute atomic E-state index is 5.61. The molecule has 5 heteroatoms. The van der Waals surface area contributed by atoms with E-state index in [1.807, 2.05) is 18.5 Å². The Morgan fingerprint density at radius 2 is 1.90 bits per heavy atom. The van der Waals surface area contributed by atoms with E-state index in [0.717, 1.165) is 38.5 Å². The first kappa shape index (κ1) is 13.8. The Labute approximate surface area is 120 Å². The van der Waals surface area contributed by atoms with Crippen molar-refractivity contribution in [3.05, 3.63) is 18.5 Å². The number of aromatic nitrogens is 2. The number of piperidine rings is 1. The molecule has 0 radical (unpaired) electrons. The van der Waals surface area contributed by atoms with Gasteiger partial charge in [-0.3, -0.25) is 0 Å². The number of hydrogen-bond acceptors (Lipinski definition) is 5. The molecular formula is C15H24N4O. The number of nitrogens with zero attached hydrogens (tertiary/aromatic N) is 3. The largest absolute Gasteiger partial charge is 0.378 e. The fourth-order valence-electron chi connectivity index (χ4n) is 3.18. The molecule has 2 aliphatic heterocycles. The molecule has 3 heterocycles. The Kier molecular flexibility index (Phi) is 4.47. The Morgan fingerprint density at radius 1 is 1.15 bits per heavy atom. The second-order valence-electron chi connectivity index (χ2n) is 5.88. The minimum Gasteiger partial charge on any atom is -0.378 e. The molecule has 0 amide bonds. The molecule has 0 spiro atoms. The highest BCUT2D eigenvalue weighted by Gasteiger charge is 2.25. The molecule has 3 rings (SSSR count). The molecule has 0 bridgehead atoms. The predicted octanol–water partition coefficient (Wildman–Crippen LogP) is 1.60. The van der Waals surface area contributed by atoms with Crippen LogP contribution in [0.1, 0.15) is 32.6 Å². The van der Waals surface area contributed by atoms with Gasteiger partial charge in [0.15, 0.2) is 0 Å². The van der Waals surface area contributed by atoms with Crippen LogP contribution in [-0.4, -0.2) is 47.9 Å². The first-order chi connectivity index (χ1) is 9.81. The molecule has 110 valence electrons. The number of anilines is 1. The van der Waals surface area contributed by atoms with Crippen molar-refractivity contribution >= 4 is 5.95 Å². The van der Waals surface area contributed by atoms with Gasteiger partial charge in [-0.15, -0.1) is 0 Å². The van der Waals surface area contributed by atoms with Gasteiger partial charge in [0.05, 0.1) is 6.10 Å². The van der Waals surface area contributed by atoms with Crippen molar-refractivity contribution in [1.29, 1.82) is 0 Å². The summed E-state index contributed by atoms with van der Waals surface area (Å²) in [4.78, 5) is 10.9. The van der Waals surface area contributed by atoms with E-state index in [0.29, 0.717) is 18.2 Å². The molecule has 20 heavy (non-hydrogen) atoms. The molecule has 5 nitrogen and oxygen atoms in total. The molecule has 1 aromatic heterocycles. The van der Waals surface area contributed by atoms with Crippen molar-refractivity contribution in [2.75, 3.05) is 24.6 Å². The third kappa shape index (κ3) is 3.46. The molecule has 0 aromatic carbocycles. The monoisotopic (exact) mass is 276 g/mol. The molecule has 2 unspecified atom stereocenters. The Hall–Kier alpha value is -1.20. The van der Waals surface area contributed by atoms with E-state index >= 15 is 0 Å². The van der Waals surface area contributed by atoms with Crippen LogP contribution in [0.3, 0.4) is 0 Å². The first-order valence-corrected chi connectivity index (χ1v) is 7.71. The highest BCUT2D eigenvalue weighted by Crippen LogP contribution is 2.19. The third-order valence-electron chi connectivity index (χ3n) is 4.29. The van der Waals surface area contributed by atoms with Crippen molar-refractivity contribution < 1.29 is 4.74 Å². The summed E-state index contributed by atoms with van der Waals surface area (Å²) in [5.41, 5.74) is 0. The summed E-state index contributed by atoms with van der Waals surface area (Å²) in [6.07, 6.45) is 8.66. The molecule has 2 atom stereocenters. The number of nitrogens with one attached hydrogen (secondary N) is 1. The molecule has 0 saturated carbocycles. The van der Waals surface area contributed by atoms with Gasteiger partial charge in [-0.25, -0.2) is 9.97 Å². The Balaban J connectivity index is 1.46. The normalized spacial score (nSPS) is 28.6. The van der Waals surface area contributed by atoms with Crippen LogP contribution >= 0.6 is 0 Å². The quantitative estimate of drug-likeness (QED) is 0.909. The lowest BCUT2D eigenvalue weighted by molar-refractivity contribution is 0.0107. The highest BCUT2D eigenvalue weighted by molar-refractivity contribution is 5.29. The lowest BCUT2D eigenvalue weighted by atomic mass is 9.99. The van der Waals surface area contributed by atoms with E-state index in [1.54, 1.807) is 0 Å². The summed E-state index contributed by atoms with van der Waals surface area (Å²) in [6, 6.07) is 3.12. The van der Waals surface area contributed by atoms with Gasteiger partial charge in [-0.1, -0.05) is 0 Å². The molecule has 2 fully saturated rings. The van der Waals surface area contributed by atoms with Crippen LogP contribution in [-0.2, 0) is 4.74 Å². The van der Waals surface area contributed by atoms with Crippen LogP contribution in [0.25, 0.3) is 0 Å². The van der Waals surface area contributed by atoms with Crippen molar-refractivity contribution in [3.8, 4) is 0 Å². The fraction of sp³-hybridized carbons (Fsp3) is 0.733. The summed E-state index contributed by atoms with van der Waals surface area (Å²) < 4.78 is 5.61. The van der Waals surface area contributed by atoms with E-state index in [-0.39, 0.29) is 0 Å². The maximum atomic E-state index is 5.61. The Morgan fingerprint density at radius 3 is 2.60 bits per heavy atom. The van der Waals surface area contributed by atoms with Crippen LogP contribution in [0.5, 0.6) is 0 Å². The SMILES string of the molecule is CC1CC(NC2CCN(c3ncccn3)CC2)CCO1. The summed E-state index contributed by atoms with van der Waals surface area (Å²) in [6.45, 7) is 5.15. The standard InChI is InChI=1S/C15H24N4O/c1-12-11-14(5-10-20-12)18-13-3-8-19(9-4-13)15-16-6-2-7-17-15/h2,6-7,12-14,18H,3-5,8-11H2,1H3. The van der Waals surface area contributed by atoms with E-state index in [9.17, 15) is 0 Å². The van der Waals surface area contributed by atoms with Gasteiger partial charge in [-0.05, 0) is 38.7 Å². The summed E-state index contributed by atoms with van der Waals surface area (Å²) >= 11 is 0. The van der Waals surface area contributed by atoms with Crippen molar-refractivity contribution in [1.82, 2.24) is 15.3 Å². The van der Waals surface area contributed by atoms with E-state index in [4.69, 9.17) is 4.74 Å². The van der Waals surface area contributed by atoms with Crippen molar-refractivity contribution in [2.45, 2.75) is 50.8 Å². The second kappa shape index (κ2) is 6.50. The average Bonchev–Trinajstić information content (AvgIpc) is 2.49. The first-order valence-electron chi connectivity index (χ1n) is 7.71. The number of hydrogen-bond donors (Lipinski definition) is 1. The molecule has 0 aliphatic carbocycles. The van der Waals surface area contributed by atoms with Crippen molar-refractivity contribution in [2.24, 2.45) is 0 Å². The topological polar surface area (TPSA) is 50.3 Å². The van der Waals surface area contributed by atoms with Crippen LogP contribution in [0.2, 0.25) is 0 Å². The summed E-state index contributed by atoms with van der Waals surface area (Å²) in [7, 11) is 0. The van der Waals surface area contributed by atoms with Gasteiger partial charge in [0.25, 0.3) is 0 Å². The lowest BCUT2D eigenvalue weighted by Crippen LogP contribution is -2.48. The molecule has 1 N–H and O–H groups in total. The van der Waals surface area contributed by atoms with E-state index < -0.39 is 0 Å². The zero-order valence-corrected chi connectivity index (χ0v) is 12.2. The second-order valence-corrected chi connectivity index (χ2v) is 5.88. The van der Waals surface area contributed by atoms with Crippen LogP contribution in [0.15, 0.2) is 18.5 Å². The predicted molar refractivity (Wildman–Crippen MR) is 78.8 cm³/mol. The van der Waals surface area contributed by atoms with Gasteiger partial charge >= 0.3 is 0 Å². The zero-order valence-electron chi connectivity index (χ0n) is 12.2.